The van der Waals surface area contributed by atoms with Gasteiger partial charge in [-0.15, -0.1) is 0 Å². The van der Waals surface area contributed by atoms with E-state index in [0.717, 1.165) is 23.6 Å². The van der Waals surface area contributed by atoms with E-state index in [2.05, 4.69) is 40.3 Å². The Balaban J connectivity index is 1.87. The van der Waals surface area contributed by atoms with Crippen LogP contribution in [0, 0.1) is 39.4 Å². The first-order valence-corrected chi connectivity index (χ1v) is 16.2. The minimum absolute atomic E-state index is 0.0126. The first-order valence-electron chi connectivity index (χ1n) is 16.2. The maximum atomic E-state index is 15.6. The van der Waals surface area contributed by atoms with Crippen LogP contribution in [0.4, 0.5) is 0 Å². The standard InChI is InChI=1S/C38H50O7/c1-20(2)11-13-23-18-37(27-16-14-24(21(3)4)34(27,5)6)31(42)29(30(41)22-12-15-25(39)26(40)17-22)32-38(33(37)43,35(23,7)8)19-28(45-32)36(9,10)44/h11-12,15,17,23-24,27-28,39-40,44H,3,13-14,16,18-19H2,1-2,4-10H3. The summed E-state index contributed by atoms with van der Waals surface area (Å²) in [4.78, 5) is 45.6. The number of carbonyl (C=O) groups is 3. The Labute approximate surface area is 267 Å². The largest absolute Gasteiger partial charge is 0.504 e. The van der Waals surface area contributed by atoms with E-state index in [0.29, 0.717) is 19.3 Å². The highest BCUT2D eigenvalue weighted by molar-refractivity contribution is 6.35. The SMILES string of the molecule is C=C(C)C1CCC(C23CC(CC=C(C)C)C(C)(C)C4(CC(C(C)(C)O)OC4=C(C(=O)c4ccc(O)c(O)c4)C2=O)C3=O)C1(C)C. The lowest BCUT2D eigenvalue weighted by Crippen LogP contribution is -2.68. The van der Waals surface area contributed by atoms with Crippen LogP contribution in [-0.2, 0) is 14.3 Å². The van der Waals surface area contributed by atoms with Crippen molar-refractivity contribution in [3.05, 3.63) is 58.9 Å². The van der Waals surface area contributed by atoms with E-state index in [9.17, 15) is 20.1 Å². The van der Waals surface area contributed by atoms with E-state index >= 15 is 9.59 Å². The number of hydrogen-bond acceptors (Lipinski definition) is 7. The van der Waals surface area contributed by atoms with Gasteiger partial charge in [0, 0.05) is 12.0 Å². The number of carbonyl (C=O) groups excluding carboxylic acids is 3. The number of fused-ring (bicyclic) bond motifs is 1. The summed E-state index contributed by atoms with van der Waals surface area (Å²) < 4.78 is 6.51. The third-order valence-electron chi connectivity index (χ3n) is 12.3. The number of rotatable bonds is 7. The summed E-state index contributed by atoms with van der Waals surface area (Å²) in [6.45, 7) is 21.9. The van der Waals surface area contributed by atoms with Gasteiger partial charge in [0.15, 0.2) is 28.8 Å². The van der Waals surface area contributed by atoms with Crippen LogP contribution in [0.1, 0.15) is 105 Å². The smallest absolute Gasteiger partial charge is 0.200 e. The number of ether oxygens (including phenoxy) is 1. The first-order chi connectivity index (χ1) is 20.7. The van der Waals surface area contributed by atoms with Crippen LogP contribution in [-0.4, -0.2) is 44.4 Å². The number of allylic oxidation sites excluding steroid dienone is 5. The molecule has 2 bridgehead atoms. The Morgan fingerprint density at radius 3 is 2.22 bits per heavy atom. The van der Waals surface area contributed by atoms with Crippen LogP contribution < -0.4 is 0 Å². The molecule has 7 nitrogen and oxygen atoms in total. The molecule has 3 fully saturated rings. The number of aromatic hydroxyl groups is 2. The average Bonchev–Trinajstić information content (AvgIpc) is 3.48. The monoisotopic (exact) mass is 618 g/mol. The van der Waals surface area contributed by atoms with Gasteiger partial charge in [0.2, 0.25) is 0 Å². The highest BCUT2D eigenvalue weighted by atomic mass is 16.5. The molecule has 6 unspecified atom stereocenters. The summed E-state index contributed by atoms with van der Waals surface area (Å²) in [5.74, 6) is -2.54. The van der Waals surface area contributed by atoms with Gasteiger partial charge in [-0.25, -0.2) is 0 Å². The molecule has 1 saturated heterocycles. The van der Waals surface area contributed by atoms with Gasteiger partial charge in [-0.3, -0.25) is 14.4 Å². The Kier molecular flexibility index (Phi) is 7.68. The first kappa shape index (κ1) is 33.2. The fraction of sp³-hybridized carbons (Fsp3) is 0.605. The van der Waals surface area contributed by atoms with Crippen LogP contribution in [0.2, 0.25) is 0 Å². The molecule has 0 aromatic heterocycles. The van der Waals surface area contributed by atoms with E-state index in [-0.39, 0.29) is 52.6 Å². The highest BCUT2D eigenvalue weighted by Gasteiger charge is 2.78. The highest BCUT2D eigenvalue weighted by Crippen LogP contribution is 2.73. The number of phenolic OH excluding ortho intramolecular Hbond substituents is 2. The fourth-order valence-corrected chi connectivity index (χ4v) is 9.67. The second-order valence-corrected chi connectivity index (χ2v) is 16.2. The topological polar surface area (TPSA) is 121 Å². The molecule has 1 spiro atoms. The van der Waals surface area contributed by atoms with Crippen LogP contribution in [0.25, 0.3) is 0 Å². The van der Waals surface area contributed by atoms with Gasteiger partial charge >= 0.3 is 0 Å². The Morgan fingerprint density at radius 2 is 1.69 bits per heavy atom. The molecular weight excluding hydrogens is 568 g/mol. The van der Waals surface area contributed by atoms with E-state index < -0.39 is 50.7 Å². The molecule has 1 aromatic carbocycles. The van der Waals surface area contributed by atoms with Crippen LogP contribution in [0.15, 0.2) is 53.3 Å². The predicted octanol–water partition coefficient (Wildman–Crippen LogP) is 7.25. The Morgan fingerprint density at radius 1 is 1.04 bits per heavy atom. The Hall–Kier alpha value is -3.19. The molecule has 2 saturated carbocycles. The van der Waals surface area contributed by atoms with Gasteiger partial charge in [-0.2, -0.15) is 0 Å². The maximum absolute atomic E-state index is 15.6. The summed E-state index contributed by atoms with van der Waals surface area (Å²) in [6, 6.07) is 3.72. The molecular formula is C38H50O7. The van der Waals surface area contributed by atoms with Crippen LogP contribution in [0.5, 0.6) is 11.5 Å². The second kappa shape index (κ2) is 10.4. The molecule has 0 amide bonds. The van der Waals surface area contributed by atoms with Gasteiger partial charge in [-0.1, -0.05) is 51.5 Å². The maximum Gasteiger partial charge on any atom is 0.200 e. The quantitative estimate of drug-likeness (QED) is 0.0968. The zero-order valence-electron chi connectivity index (χ0n) is 28.3. The summed E-state index contributed by atoms with van der Waals surface area (Å²) >= 11 is 0. The van der Waals surface area contributed by atoms with Crippen molar-refractivity contribution in [2.24, 2.45) is 39.4 Å². The normalized spacial score (nSPS) is 33.5. The number of hydrogen-bond donors (Lipinski definition) is 3. The zero-order chi connectivity index (χ0) is 33.7. The molecule has 0 radical (unpaired) electrons. The third kappa shape index (κ3) is 4.50. The number of phenols is 2. The molecule has 1 aliphatic heterocycles. The summed E-state index contributed by atoms with van der Waals surface area (Å²) in [7, 11) is 0. The van der Waals surface area contributed by atoms with Crippen molar-refractivity contribution in [2.45, 2.75) is 106 Å². The van der Waals surface area contributed by atoms with Crippen molar-refractivity contribution in [3.8, 4) is 11.5 Å². The third-order valence-corrected chi connectivity index (χ3v) is 12.3. The molecule has 45 heavy (non-hydrogen) atoms. The van der Waals surface area contributed by atoms with E-state index in [1.165, 1.54) is 12.1 Å². The van der Waals surface area contributed by atoms with Gasteiger partial charge < -0.3 is 20.1 Å². The fourth-order valence-electron chi connectivity index (χ4n) is 9.67. The molecule has 3 aliphatic carbocycles. The second-order valence-electron chi connectivity index (χ2n) is 16.2. The lowest BCUT2D eigenvalue weighted by Gasteiger charge is -2.62. The molecule has 6 atom stereocenters. The van der Waals surface area contributed by atoms with E-state index in [1.807, 2.05) is 20.8 Å². The lowest BCUT2D eigenvalue weighted by atomic mass is 9.37. The molecule has 244 valence electrons. The van der Waals surface area contributed by atoms with Gasteiger partial charge in [0.05, 0.1) is 16.4 Å². The zero-order valence-corrected chi connectivity index (χ0v) is 28.3. The van der Waals surface area contributed by atoms with Crippen molar-refractivity contribution >= 4 is 17.3 Å². The van der Waals surface area contributed by atoms with Crippen molar-refractivity contribution in [3.63, 3.8) is 0 Å². The van der Waals surface area contributed by atoms with Crippen molar-refractivity contribution < 1.29 is 34.4 Å². The molecule has 1 heterocycles. The molecule has 3 N–H and O–H groups in total. The Bertz CT molecular complexity index is 1550. The summed E-state index contributed by atoms with van der Waals surface area (Å²) in [5, 5.41) is 31.6. The lowest BCUT2D eigenvalue weighted by molar-refractivity contribution is -0.175. The number of benzene rings is 1. The van der Waals surface area contributed by atoms with Crippen LogP contribution in [0.3, 0.4) is 0 Å². The number of aliphatic hydroxyl groups is 1. The minimum atomic E-state index is -1.49. The molecule has 7 heteroatoms. The average molecular weight is 619 g/mol. The minimum Gasteiger partial charge on any atom is -0.504 e. The van der Waals surface area contributed by atoms with Crippen molar-refractivity contribution in [1.29, 1.82) is 0 Å². The summed E-state index contributed by atoms with van der Waals surface area (Å²) in [5.41, 5.74) is -3.40. The van der Waals surface area contributed by atoms with E-state index in [4.69, 9.17) is 4.74 Å². The predicted molar refractivity (Wildman–Crippen MR) is 173 cm³/mol. The van der Waals surface area contributed by atoms with Gasteiger partial charge in [0.25, 0.3) is 0 Å². The van der Waals surface area contributed by atoms with Gasteiger partial charge in [-0.05, 0) is 107 Å². The number of ketones is 3. The molecule has 4 aliphatic rings. The van der Waals surface area contributed by atoms with Crippen molar-refractivity contribution in [2.75, 3.05) is 0 Å². The van der Waals surface area contributed by atoms with E-state index in [1.54, 1.807) is 13.8 Å². The van der Waals surface area contributed by atoms with Gasteiger partial charge in [0.1, 0.15) is 17.4 Å². The molecule has 1 aromatic rings. The number of Topliss-reactive ketones (excluding diaryl/α,β-unsaturated/α-hetero) is 3. The molecule has 5 rings (SSSR count). The summed E-state index contributed by atoms with van der Waals surface area (Å²) in [6.07, 6.45) is 3.87. The van der Waals surface area contributed by atoms with Crippen molar-refractivity contribution in [1.82, 2.24) is 0 Å². The van der Waals surface area contributed by atoms with Crippen LogP contribution >= 0.6 is 0 Å².